The number of fused-ring (bicyclic) bond motifs is 1. The average Bonchev–Trinajstić information content (AvgIpc) is 3.12. The molecule has 0 spiro atoms. The van der Waals surface area contributed by atoms with Gasteiger partial charge in [-0.05, 0) is 53.4 Å². The number of aromatic carboxylic acids is 1. The van der Waals surface area contributed by atoms with Crippen molar-refractivity contribution in [1.29, 1.82) is 0 Å². The molecule has 0 fully saturated rings. The minimum Gasteiger partial charge on any atom is -0.477 e. The highest BCUT2D eigenvalue weighted by molar-refractivity contribution is 7.92. The van der Waals surface area contributed by atoms with Gasteiger partial charge in [0.25, 0.3) is 10.0 Å². The number of aromatic nitrogens is 1. The van der Waals surface area contributed by atoms with Crippen LogP contribution in [-0.4, -0.2) is 24.5 Å². The topological polar surface area (TPSA) is 99.3 Å². The second-order valence-corrected chi connectivity index (χ2v) is 10.6. The van der Waals surface area contributed by atoms with Gasteiger partial charge in [-0.15, -0.1) is 0 Å². The highest BCUT2D eigenvalue weighted by Gasteiger charge is 2.25. The van der Waals surface area contributed by atoms with Gasteiger partial charge < -0.3 is 10.1 Å². The summed E-state index contributed by atoms with van der Waals surface area (Å²) < 4.78 is 57.4. The minimum absolute atomic E-state index is 0.0428. The van der Waals surface area contributed by atoms with Crippen molar-refractivity contribution in [2.45, 2.75) is 31.1 Å². The zero-order chi connectivity index (χ0) is 24.8. The molecule has 1 heterocycles. The molecule has 0 amide bonds. The van der Waals surface area contributed by atoms with Crippen LogP contribution in [0, 0.1) is 11.6 Å². The fourth-order valence-corrected chi connectivity index (χ4v) is 4.81. The number of anilines is 1. The molecule has 0 radical (unpaired) electrons. The Morgan fingerprint density at radius 2 is 1.56 bits per heavy atom. The lowest BCUT2D eigenvalue weighted by Crippen LogP contribution is -2.14. The van der Waals surface area contributed by atoms with Crippen LogP contribution >= 0.6 is 0 Å². The number of carbonyl (C=O) groups is 1. The summed E-state index contributed by atoms with van der Waals surface area (Å²) in [4.78, 5) is 14.5. The van der Waals surface area contributed by atoms with Crippen LogP contribution in [0.1, 0.15) is 36.8 Å². The lowest BCUT2D eigenvalue weighted by Gasteiger charge is -2.19. The van der Waals surface area contributed by atoms with Gasteiger partial charge in [0.2, 0.25) is 0 Å². The van der Waals surface area contributed by atoms with Crippen LogP contribution in [0.25, 0.3) is 22.0 Å². The molecule has 4 aromatic rings. The molecule has 0 saturated heterocycles. The largest absolute Gasteiger partial charge is 0.477 e. The molecule has 0 atom stereocenters. The first-order chi connectivity index (χ1) is 15.9. The number of sulfonamides is 1. The highest BCUT2D eigenvalue weighted by atomic mass is 32.2. The number of hydrogen-bond donors (Lipinski definition) is 3. The molecule has 0 aliphatic rings. The fraction of sp³-hybridized carbons (Fsp3) is 0.160. The summed E-state index contributed by atoms with van der Waals surface area (Å²) in [6, 6.07) is 13.9. The van der Waals surface area contributed by atoms with Gasteiger partial charge in [0.1, 0.15) is 17.3 Å². The first kappa shape index (κ1) is 23.4. The molecular weight excluding hydrogens is 462 g/mol. The van der Waals surface area contributed by atoms with Gasteiger partial charge in [0.05, 0.1) is 10.5 Å². The Balaban J connectivity index is 1.80. The quantitative estimate of drug-likeness (QED) is 0.328. The zero-order valence-corrected chi connectivity index (χ0v) is 19.4. The van der Waals surface area contributed by atoms with Crippen LogP contribution in [-0.2, 0) is 15.4 Å². The molecule has 0 aliphatic heterocycles. The summed E-state index contributed by atoms with van der Waals surface area (Å²) in [5.74, 6) is -3.28. The van der Waals surface area contributed by atoms with Crippen molar-refractivity contribution in [3.8, 4) is 11.1 Å². The lowest BCUT2D eigenvalue weighted by atomic mass is 9.87. The van der Waals surface area contributed by atoms with Crippen molar-refractivity contribution in [2.75, 3.05) is 4.72 Å². The Kier molecular flexibility index (Phi) is 5.69. The van der Waals surface area contributed by atoms with Gasteiger partial charge in [-0.1, -0.05) is 39.0 Å². The smallest absolute Gasteiger partial charge is 0.352 e. The Hall–Kier alpha value is -3.72. The third-order valence-corrected chi connectivity index (χ3v) is 6.91. The van der Waals surface area contributed by atoms with Crippen LogP contribution in [0.3, 0.4) is 0 Å². The number of rotatable bonds is 5. The number of carboxylic acids is 1. The minimum atomic E-state index is -3.97. The molecule has 9 heteroatoms. The number of hydrogen-bond acceptors (Lipinski definition) is 3. The molecule has 3 aromatic carbocycles. The molecule has 0 bridgehead atoms. The van der Waals surface area contributed by atoms with E-state index >= 15 is 0 Å². The normalized spacial score (nSPS) is 12.1. The Morgan fingerprint density at radius 1 is 0.941 bits per heavy atom. The van der Waals surface area contributed by atoms with Gasteiger partial charge in [0.15, 0.2) is 0 Å². The molecule has 4 rings (SSSR count). The van der Waals surface area contributed by atoms with E-state index in [1.165, 1.54) is 36.4 Å². The maximum absolute atomic E-state index is 14.5. The van der Waals surface area contributed by atoms with Crippen molar-refractivity contribution in [2.24, 2.45) is 0 Å². The summed E-state index contributed by atoms with van der Waals surface area (Å²) >= 11 is 0. The summed E-state index contributed by atoms with van der Waals surface area (Å²) in [6.45, 7) is 6.05. The molecule has 0 aliphatic carbocycles. The van der Waals surface area contributed by atoms with E-state index in [-0.39, 0.29) is 32.5 Å². The first-order valence-corrected chi connectivity index (χ1v) is 11.8. The SMILES string of the molecule is CC(C)(C)c1ccc(S(=O)(=O)Nc2ccc3[nH]c(C(=O)O)c(-c4c(F)cccc4F)c3c2)cc1. The Bertz CT molecular complexity index is 1500. The van der Waals surface area contributed by atoms with Gasteiger partial charge in [0, 0.05) is 22.2 Å². The number of aromatic amines is 1. The predicted molar refractivity (Wildman–Crippen MR) is 127 cm³/mol. The van der Waals surface area contributed by atoms with E-state index in [9.17, 15) is 27.1 Å². The Labute approximate surface area is 195 Å². The second-order valence-electron chi connectivity index (χ2n) is 8.92. The summed E-state index contributed by atoms with van der Waals surface area (Å²) in [7, 11) is -3.97. The van der Waals surface area contributed by atoms with Crippen molar-refractivity contribution >= 4 is 32.6 Å². The van der Waals surface area contributed by atoms with Crippen LogP contribution in [0.2, 0.25) is 0 Å². The van der Waals surface area contributed by atoms with E-state index in [4.69, 9.17) is 0 Å². The van der Waals surface area contributed by atoms with Crippen LogP contribution in [0.5, 0.6) is 0 Å². The number of benzene rings is 3. The maximum Gasteiger partial charge on any atom is 0.352 e. The number of nitrogens with one attached hydrogen (secondary N) is 2. The van der Waals surface area contributed by atoms with Crippen molar-refractivity contribution in [3.63, 3.8) is 0 Å². The van der Waals surface area contributed by atoms with Gasteiger partial charge in [-0.3, -0.25) is 4.72 Å². The lowest BCUT2D eigenvalue weighted by molar-refractivity contribution is 0.0692. The Morgan fingerprint density at radius 3 is 2.12 bits per heavy atom. The second kappa shape index (κ2) is 8.25. The third-order valence-electron chi connectivity index (χ3n) is 5.51. The van der Waals surface area contributed by atoms with E-state index < -0.39 is 38.9 Å². The fourth-order valence-electron chi connectivity index (χ4n) is 3.76. The summed E-state index contributed by atoms with van der Waals surface area (Å²) in [5, 5.41) is 9.76. The zero-order valence-electron chi connectivity index (χ0n) is 18.6. The van der Waals surface area contributed by atoms with Crippen molar-refractivity contribution in [3.05, 3.63) is 83.6 Å². The van der Waals surface area contributed by atoms with E-state index in [0.29, 0.717) is 0 Å². The first-order valence-electron chi connectivity index (χ1n) is 10.4. The molecule has 1 aromatic heterocycles. The number of carboxylic acid groups (broad SMARTS) is 1. The highest BCUT2D eigenvalue weighted by Crippen LogP contribution is 2.37. The molecule has 0 saturated carbocycles. The molecule has 6 nitrogen and oxygen atoms in total. The van der Waals surface area contributed by atoms with Gasteiger partial charge in [-0.2, -0.15) is 0 Å². The number of halogens is 2. The van der Waals surface area contributed by atoms with Gasteiger partial charge in [-0.25, -0.2) is 22.0 Å². The van der Waals surface area contributed by atoms with Crippen LogP contribution in [0.4, 0.5) is 14.5 Å². The van der Waals surface area contributed by atoms with Crippen LogP contribution in [0.15, 0.2) is 65.6 Å². The van der Waals surface area contributed by atoms with E-state index in [1.807, 2.05) is 20.8 Å². The standard InChI is InChI=1S/C25H22F2N2O4S/c1-25(2,3)14-7-10-16(11-8-14)34(32,33)29-15-9-12-20-17(13-15)21(23(28-20)24(30)31)22-18(26)5-4-6-19(22)27/h4-13,28-29H,1-3H3,(H,30,31). The molecule has 34 heavy (non-hydrogen) atoms. The summed E-state index contributed by atoms with van der Waals surface area (Å²) in [5.41, 5.74) is 0.108. The van der Waals surface area contributed by atoms with Gasteiger partial charge >= 0.3 is 5.97 Å². The molecule has 0 unspecified atom stereocenters. The average molecular weight is 485 g/mol. The van der Waals surface area contributed by atoms with E-state index in [0.717, 1.165) is 17.7 Å². The third kappa shape index (κ3) is 4.26. The van der Waals surface area contributed by atoms with Crippen LogP contribution < -0.4 is 4.72 Å². The number of H-pyrrole nitrogens is 1. The van der Waals surface area contributed by atoms with E-state index in [1.54, 1.807) is 12.1 Å². The molecule has 3 N–H and O–H groups in total. The van der Waals surface area contributed by atoms with Crippen molar-refractivity contribution < 1.29 is 27.1 Å². The van der Waals surface area contributed by atoms with Crippen molar-refractivity contribution in [1.82, 2.24) is 4.98 Å². The monoisotopic (exact) mass is 484 g/mol. The summed E-state index contributed by atoms with van der Waals surface area (Å²) in [6.07, 6.45) is 0. The predicted octanol–water partition coefficient (Wildman–Crippen LogP) is 5.91. The maximum atomic E-state index is 14.5. The van der Waals surface area contributed by atoms with E-state index in [2.05, 4.69) is 9.71 Å². The molecular formula is C25H22F2N2O4S. The molecule has 176 valence electrons.